The Hall–Kier alpha value is -3.63. The fourth-order valence-electron chi connectivity index (χ4n) is 2.72. The number of para-hydroxylation sites is 2. The normalized spacial score (nSPS) is 10.9. The molecule has 3 rings (SSSR count). The summed E-state index contributed by atoms with van der Waals surface area (Å²) in [5, 5.41) is 13.8. The summed E-state index contributed by atoms with van der Waals surface area (Å²) in [6, 6.07) is 15.6. The van der Waals surface area contributed by atoms with Gasteiger partial charge in [-0.05, 0) is 42.5 Å². The van der Waals surface area contributed by atoms with E-state index in [1.807, 2.05) is 0 Å². The van der Waals surface area contributed by atoms with Crippen LogP contribution in [0.25, 0.3) is 0 Å². The SMILES string of the molecule is COc1ccccc1NS(=O)(=O)c1cccc(NC(=O)c2ccc(Cl)cc2[N+](=O)[O-])c1. The molecule has 3 aromatic rings. The monoisotopic (exact) mass is 461 g/mol. The largest absolute Gasteiger partial charge is 0.495 e. The lowest BCUT2D eigenvalue weighted by Crippen LogP contribution is -2.16. The van der Waals surface area contributed by atoms with Crippen LogP contribution >= 0.6 is 11.6 Å². The number of carbonyl (C=O) groups excluding carboxylic acids is 1. The zero-order valence-electron chi connectivity index (χ0n) is 16.0. The van der Waals surface area contributed by atoms with Gasteiger partial charge < -0.3 is 10.1 Å². The molecule has 0 aliphatic carbocycles. The molecule has 31 heavy (non-hydrogen) atoms. The zero-order chi connectivity index (χ0) is 22.6. The van der Waals surface area contributed by atoms with E-state index >= 15 is 0 Å². The number of hydrogen-bond acceptors (Lipinski definition) is 6. The number of anilines is 2. The number of rotatable bonds is 7. The Balaban J connectivity index is 1.87. The summed E-state index contributed by atoms with van der Waals surface area (Å²) in [4.78, 5) is 22.9. The van der Waals surface area contributed by atoms with Gasteiger partial charge in [0, 0.05) is 16.8 Å². The van der Waals surface area contributed by atoms with Gasteiger partial charge in [0.05, 0.1) is 22.6 Å². The maximum Gasteiger partial charge on any atom is 0.283 e. The van der Waals surface area contributed by atoms with E-state index < -0.39 is 26.5 Å². The van der Waals surface area contributed by atoms with Gasteiger partial charge in [-0.3, -0.25) is 19.6 Å². The number of ether oxygens (including phenoxy) is 1. The average Bonchev–Trinajstić information content (AvgIpc) is 2.74. The van der Waals surface area contributed by atoms with Crippen LogP contribution in [0.15, 0.2) is 71.6 Å². The summed E-state index contributed by atoms with van der Waals surface area (Å²) < 4.78 is 33.1. The van der Waals surface area contributed by atoms with Crippen LogP contribution in [0.4, 0.5) is 17.1 Å². The summed E-state index contributed by atoms with van der Waals surface area (Å²) in [7, 11) is -2.59. The molecule has 3 aromatic carbocycles. The van der Waals surface area contributed by atoms with Gasteiger partial charge in [0.15, 0.2) is 0 Å². The maximum absolute atomic E-state index is 12.8. The van der Waals surface area contributed by atoms with E-state index in [2.05, 4.69) is 10.0 Å². The molecule has 0 aliphatic heterocycles. The van der Waals surface area contributed by atoms with Crippen molar-refractivity contribution < 1.29 is 22.9 Å². The van der Waals surface area contributed by atoms with E-state index in [0.29, 0.717) is 5.75 Å². The number of sulfonamides is 1. The lowest BCUT2D eigenvalue weighted by molar-refractivity contribution is -0.385. The third-order valence-electron chi connectivity index (χ3n) is 4.15. The van der Waals surface area contributed by atoms with E-state index in [1.165, 1.54) is 43.5 Å². The van der Waals surface area contributed by atoms with Gasteiger partial charge in [0.1, 0.15) is 11.3 Å². The first-order valence-corrected chi connectivity index (χ1v) is 10.6. The van der Waals surface area contributed by atoms with Crippen LogP contribution in [0.5, 0.6) is 5.75 Å². The molecule has 0 spiro atoms. The molecule has 0 fully saturated rings. The van der Waals surface area contributed by atoms with Crippen LogP contribution in [0.2, 0.25) is 5.02 Å². The fraction of sp³-hybridized carbons (Fsp3) is 0.0500. The molecule has 0 atom stereocenters. The molecular formula is C20H16ClN3O6S. The number of nitrogens with one attached hydrogen (secondary N) is 2. The highest BCUT2D eigenvalue weighted by atomic mass is 35.5. The summed E-state index contributed by atoms with van der Waals surface area (Å²) in [6.07, 6.45) is 0. The Labute approximate surface area is 182 Å². The lowest BCUT2D eigenvalue weighted by atomic mass is 10.1. The summed E-state index contributed by atoms with van der Waals surface area (Å²) in [5.74, 6) is -0.443. The van der Waals surface area contributed by atoms with Crippen molar-refractivity contribution >= 4 is 44.6 Å². The van der Waals surface area contributed by atoms with Gasteiger partial charge >= 0.3 is 0 Å². The summed E-state index contributed by atoms with van der Waals surface area (Å²) >= 11 is 5.77. The minimum atomic E-state index is -4.00. The minimum absolute atomic E-state index is 0.110. The van der Waals surface area contributed by atoms with E-state index in [-0.39, 0.29) is 26.9 Å². The molecule has 0 heterocycles. The smallest absolute Gasteiger partial charge is 0.283 e. The van der Waals surface area contributed by atoms with Gasteiger partial charge in [-0.25, -0.2) is 8.42 Å². The van der Waals surface area contributed by atoms with Crippen molar-refractivity contribution in [1.82, 2.24) is 0 Å². The van der Waals surface area contributed by atoms with E-state index in [4.69, 9.17) is 16.3 Å². The van der Waals surface area contributed by atoms with Crippen LogP contribution in [-0.2, 0) is 10.0 Å². The molecule has 0 radical (unpaired) electrons. The number of hydrogen-bond donors (Lipinski definition) is 2. The molecule has 0 aliphatic rings. The number of halogens is 1. The molecule has 0 saturated heterocycles. The minimum Gasteiger partial charge on any atom is -0.495 e. The van der Waals surface area contributed by atoms with Gasteiger partial charge in [-0.2, -0.15) is 0 Å². The van der Waals surface area contributed by atoms with Crippen molar-refractivity contribution in [1.29, 1.82) is 0 Å². The quantitative estimate of drug-likeness (QED) is 0.398. The number of nitro groups is 1. The van der Waals surface area contributed by atoms with Crippen LogP contribution in [0.3, 0.4) is 0 Å². The topological polar surface area (TPSA) is 128 Å². The third kappa shape index (κ3) is 5.11. The van der Waals surface area contributed by atoms with Gasteiger partial charge in [-0.15, -0.1) is 0 Å². The number of nitro benzene ring substituents is 1. The van der Waals surface area contributed by atoms with Gasteiger partial charge in [0.25, 0.3) is 21.6 Å². The Kier molecular flexibility index (Phi) is 6.42. The first kappa shape index (κ1) is 22.1. The Morgan fingerprint density at radius 1 is 1.06 bits per heavy atom. The molecule has 0 bridgehead atoms. The molecule has 11 heteroatoms. The van der Waals surface area contributed by atoms with Crippen LogP contribution in [-0.4, -0.2) is 26.4 Å². The number of nitrogens with zero attached hydrogens (tertiary/aromatic N) is 1. The standard InChI is InChI=1S/C20H16ClN3O6S/c1-30-19-8-3-2-7-17(19)23-31(28,29)15-6-4-5-14(12-15)22-20(25)16-10-9-13(21)11-18(16)24(26)27/h2-12,23H,1H3,(H,22,25). The van der Waals surface area contributed by atoms with Crippen LogP contribution < -0.4 is 14.8 Å². The highest BCUT2D eigenvalue weighted by Gasteiger charge is 2.22. The Morgan fingerprint density at radius 2 is 1.81 bits per heavy atom. The van der Waals surface area contributed by atoms with Gasteiger partial charge in [0.2, 0.25) is 0 Å². The number of amides is 1. The van der Waals surface area contributed by atoms with Crippen molar-refractivity contribution in [2.45, 2.75) is 4.90 Å². The van der Waals surface area contributed by atoms with Crippen molar-refractivity contribution in [3.05, 3.63) is 87.4 Å². The van der Waals surface area contributed by atoms with E-state index in [0.717, 1.165) is 6.07 Å². The van der Waals surface area contributed by atoms with E-state index in [1.54, 1.807) is 24.3 Å². The molecule has 0 aromatic heterocycles. The summed E-state index contributed by atoms with van der Waals surface area (Å²) in [6.45, 7) is 0. The van der Waals surface area contributed by atoms with Gasteiger partial charge in [-0.1, -0.05) is 29.8 Å². The zero-order valence-corrected chi connectivity index (χ0v) is 17.6. The Morgan fingerprint density at radius 3 is 2.52 bits per heavy atom. The molecule has 160 valence electrons. The number of carbonyl (C=O) groups is 1. The first-order chi connectivity index (χ1) is 14.7. The van der Waals surface area contributed by atoms with Crippen molar-refractivity contribution in [3.8, 4) is 5.75 Å². The second-order valence-corrected chi connectivity index (χ2v) is 8.33. The number of methoxy groups -OCH3 is 1. The Bertz CT molecular complexity index is 1260. The predicted octanol–water partition coefficient (Wildman–Crippen LogP) is 4.31. The lowest BCUT2D eigenvalue weighted by Gasteiger charge is -2.12. The highest BCUT2D eigenvalue weighted by molar-refractivity contribution is 7.92. The average molecular weight is 462 g/mol. The fourth-order valence-corrected chi connectivity index (χ4v) is 4.00. The molecule has 0 unspecified atom stereocenters. The van der Waals surface area contributed by atoms with Crippen molar-refractivity contribution in [3.63, 3.8) is 0 Å². The first-order valence-electron chi connectivity index (χ1n) is 8.72. The maximum atomic E-state index is 12.8. The second kappa shape index (κ2) is 9.02. The predicted molar refractivity (Wildman–Crippen MR) is 116 cm³/mol. The summed E-state index contributed by atoms with van der Waals surface area (Å²) in [5.41, 5.74) is -0.296. The van der Waals surface area contributed by atoms with E-state index in [9.17, 15) is 23.3 Å². The van der Waals surface area contributed by atoms with Crippen molar-refractivity contribution in [2.24, 2.45) is 0 Å². The number of benzene rings is 3. The molecule has 9 nitrogen and oxygen atoms in total. The van der Waals surface area contributed by atoms with Crippen LogP contribution in [0, 0.1) is 10.1 Å². The third-order valence-corrected chi connectivity index (χ3v) is 5.75. The highest BCUT2D eigenvalue weighted by Crippen LogP contribution is 2.28. The second-order valence-electron chi connectivity index (χ2n) is 6.21. The molecule has 2 N–H and O–H groups in total. The molecular weight excluding hydrogens is 446 g/mol. The molecule has 1 amide bonds. The van der Waals surface area contributed by atoms with Crippen molar-refractivity contribution in [2.75, 3.05) is 17.1 Å². The van der Waals surface area contributed by atoms with Crippen LogP contribution in [0.1, 0.15) is 10.4 Å². The molecule has 0 saturated carbocycles.